The number of ether oxygens (including phenoxy) is 1. The SMILES string of the molecule is CCn1ncc(NC(=O)c2cc3nc(C4CC4)cc(C(F)F)n3n2)c1C(=O)N1CCOCC1. The standard InChI is InChI=1S/C21H23F2N7O3/c1-2-29-18(21(32)28-5-7-33-8-6-28)15(11-24-29)26-20(31)14-10-17-25-13(12-3-4-12)9-16(19(22)23)30(17)27-14/h9-12,19H,2-8H2,1H3,(H,26,31). The first-order valence-corrected chi connectivity index (χ1v) is 10.9. The first-order chi connectivity index (χ1) is 16.0. The number of halogens is 2. The van der Waals surface area contributed by atoms with Crippen LogP contribution >= 0.6 is 0 Å². The van der Waals surface area contributed by atoms with Crippen LogP contribution in [-0.2, 0) is 11.3 Å². The van der Waals surface area contributed by atoms with Crippen LogP contribution in [0.2, 0.25) is 0 Å². The lowest BCUT2D eigenvalue weighted by Crippen LogP contribution is -2.41. The summed E-state index contributed by atoms with van der Waals surface area (Å²) in [6.07, 6.45) is 0.465. The second kappa shape index (κ2) is 8.50. The average Bonchev–Trinajstić information content (AvgIpc) is 3.46. The molecule has 5 rings (SSSR count). The number of rotatable bonds is 6. The fourth-order valence-corrected chi connectivity index (χ4v) is 3.92. The molecule has 2 amide bonds. The Labute approximate surface area is 187 Å². The molecular formula is C21H23F2N7O3. The molecule has 12 heteroatoms. The molecule has 174 valence electrons. The summed E-state index contributed by atoms with van der Waals surface area (Å²) in [5.74, 6) is -0.729. The number of carbonyl (C=O) groups excluding carboxylic acids is 2. The Morgan fingerprint density at radius 2 is 2.00 bits per heavy atom. The molecule has 0 aromatic carbocycles. The lowest BCUT2D eigenvalue weighted by molar-refractivity contribution is 0.0295. The third kappa shape index (κ3) is 4.06. The number of nitrogens with zero attached hydrogens (tertiary/aromatic N) is 6. The zero-order valence-electron chi connectivity index (χ0n) is 18.0. The summed E-state index contributed by atoms with van der Waals surface area (Å²) in [5, 5.41) is 10.9. The van der Waals surface area contributed by atoms with Gasteiger partial charge in [0.25, 0.3) is 18.2 Å². The van der Waals surface area contributed by atoms with Crippen molar-refractivity contribution in [3.05, 3.63) is 41.1 Å². The Balaban J connectivity index is 1.44. The van der Waals surface area contributed by atoms with Gasteiger partial charge in [0.15, 0.2) is 11.3 Å². The Kier molecular flexibility index (Phi) is 5.52. The predicted molar refractivity (Wildman–Crippen MR) is 112 cm³/mol. The smallest absolute Gasteiger partial charge is 0.280 e. The van der Waals surface area contributed by atoms with Gasteiger partial charge in [-0.15, -0.1) is 0 Å². The second-order valence-electron chi connectivity index (χ2n) is 8.06. The van der Waals surface area contributed by atoms with Gasteiger partial charge in [0.2, 0.25) is 0 Å². The molecule has 1 saturated carbocycles. The van der Waals surface area contributed by atoms with E-state index in [4.69, 9.17) is 4.74 Å². The number of alkyl halides is 2. The van der Waals surface area contributed by atoms with Crippen LogP contribution in [0.15, 0.2) is 18.3 Å². The minimum atomic E-state index is -2.76. The van der Waals surface area contributed by atoms with Crippen molar-refractivity contribution in [2.45, 2.75) is 38.7 Å². The molecule has 2 aliphatic rings. The molecule has 10 nitrogen and oxygen atoms in total. The lowest BCUT2D eigenvalue weighted by Gasteiger charge is -2.27. The first kappa shape index (κ1) is 21.4. The van der Waals surface area contributed by atoms with Crippen LogP contribution in [0.4, 0.5) is 14.5 Å². The van der Waals surface area contributed by atoms with Crippen molar-refractivity contribution < 1.29 is 23.1 Å². The normalized spacial score (nSPS) is 16.5. The van der Waals surface area contributed by atoms with Crippen LogP contribution < -0.4 is 5.32 Å². The summed E-state index contributed by atoms with van der Waals surface area (Å²) in [7, 11) is 0. The molecule has 3 aromatic rings. The summed E-state index contributed by atoms with van der Waals surface area (Å²) in [6.45, 7) is 4.04. The number of carbonyl (C=O) groups is 2. The average molecular weight is 459 g/mol. The minimum Gasteiger partial charge on any atom is -0.378 e. The number of hydrogen-bond acceptors (Lipinski definition) is 6. The number of amides is 2. The Bertz CT molecular complexity index is 1210. The predicted octanol–water partition coefficient (Wildman–Crippen LogP) is 2.49. The highest BCUT2D eigenvalue weighted by atomic mass is 19.3. The number of morpholine rings is 1. The van der Waals surface area contributed by atoms with Gasteiger partial charge in [0.05, 0.1) is 25.1 Å². The topological polar surface area (TPSA) is 107 Å². The molecule has 1 N–H and O–H groups in total. The molecule has 2 fully saturated rings. The first-order valence-electron chi connectivity index (χ1n) is 10.9. The molecule has 1 saturated heterocycles. The van der Waals surface area contributed by atoms with E-state index >= 15 is 0 Å². The number of hydrogen-bond donors (Lipinski definition) is 1. The highest BCUT2D eigenvalue weighted by Crippen LogP contribution is 2.40. The summed E-state index contributed by atoms with van der Waals surface area (Å²) in [6, 6.07) is 2.73. The second-order valence-corrected chi connectivity index (χ2v) is 8.06. The van der Waals surface area contributed by atoms with E-state index in [0.717, 1.165) is 17.4 Å². The van der Waals surface area contributed by atoms with Gasteiger partial charge >= 0.3 is 0 Å². The van der Waals surface area contributed by atoms with Gasteiger partial charge in [-0.3, -0.25) is 14.3 Å². The zero-order valence-corrected chi connectivity index (χ0v) is 18.0. The largest absolute Gasteiger partial charge is 0.378 e. The molecule has 3 aromatic heterocycles. The van der Waals surface area contributed by atoms with Crippen LogP contribution in [0.25, 0.3) is 5.65 Å². The Morgan fingerprint density at radius 3 is 2.67 bits per heavy atom. The molecule has 0 bridgehead atoms. The molecule has 4 heterocycles. The van der Waals surface area contributed by atoms with Gasteiger partial charge in [0, 0.05) is 37.3 Å². The van der Waals surface area contributed by atoms with Crippen LogP contribution in [0.3, 0.4) is 0 Å². The third-order valence-electron chi connectivity index (χ3n) is 5.81. The number of anilines is 1. The van der Waals surface area contributed by atoms with Crippen molar-refractivity contribution in [2.24, 2.45) is 0 Å². The Morgan fingerprint density at radius 1 is 1.24 bits per heavy atom. The fraction of sp³-hybridized carbons (Fsp3) is 0.476. The van der Waals surface area contributed by atoms with Crippen molar-refractivity contribution in [2.75, 3.05) is 31.6 Å². The van der Waals surface area contributed by atoms with Crippen LogP contribution in [0.1, 0.15) is 64.5 Å². The monoisotopic (exact) mass is 459 g/mol. The summed E-state index contributed by atoms with van der Waals surface area (Å²) >= 11 is 0. The molecular weight excluding hydrogens is 436 g/mol. The van der Waals surface area contributed by atoms with Crippen molar-refractivity contribution in [1.29, 1.82) is 0 Å². The third-order valence-corrected chi connectivity index (χ3v) is 5.81. The lowest BCUT2D eigenvalue weighted by atomic mass is 10.2. The molecule has 1 aliphatic carbocycles. The van der Waals surface area contributed by atoms with E-state index in [0.29, 0.717) is 38.5 Å². The highest BCUT2D eigenvalue weighted by Gasteiger charge is 2.29. The maximum atomic E-state index is 13.6. The minimum absolute atomic E-state index is 0.0774. The van der Waals surface area contributed by atoms with E-state index in [9.17, 15) is 18.4 Å². The van der Waals surface area contributed by atoms with Crippen LogP contribution in [0, 0.1) is 0 Å². The van der Waals surface area contributed by atoms with Gasteiger partial charge in [-0.25, -0.2) is 18.3 Å². The summed E-state index contributed by atoms with van der Waals surface area (Å²) < 4.78 is 35.1. The van der Waals surface area contributed by atoms with E-state index in [-0.39, 0.29) is 40.2 Å². The maximum absolute atomic E-state index is 13.6. The maximum Gasteiger partial charge on any atom is 0.280 e. The van der Waals surface area contributed by atoms with Gasteiger partial charge in [-0.05, 0) is 25.8 Å². The molecule has 0 spiro atoms. The molecule has 1 aliphatic heterocycles. The molecule has 0 atom stereocenters. The number of nitrogens with one attached hydrogen (secondary N) is 1. The molecule has 33 heavy (non-hydrogen) atoms. The number of aryl methyl sites for hydroxylation is 1. The van der Waals surface area contributed by atoms with Gasteiger partial charge < -0.3 is 15.0 Å². The number of aromatic nitrogens is 5. The fourth-order valence-electron chi connectivity index (χ4n) is 3.92. The van der Waals surface area contributed by atoms with Gasteiger partial charge in [-0.1, -0.05) is 0 Å². The number of fused-ring (bicyclic) bond motifs is 1. The van der Waals surface area contributed by atoms with Crippen LogP contribution in [0.5, 0.6) is 0 Å². The van der Waals surface area contributed by atoms with E-state index in [2.05, 4.69) is 20.5 Å². The zero-order chi connectivity index (χ0) is 23.1. The van der Waals surface area contributed by atoms with E-state index in [1.54, 1.807) is 4.90 Å². The molecule has 0 unspecified atom stereocenters. The van der Waals surface area contributed by atoms with E-state index in [1.165, 1.54) is 23.0 Å². The van der Waals surface area contributed by atoms with Crippen LogP contribution in [-0.4, -0.2) is 67.4 Å². The van der Waals surface area contributed by atoms with Crippen molar-refractivity contribution in [3.8, 4) is 0 Å². The van der Waals surface area contributed by atoms with Crippen molar-refractivity contribution >= 4 is 23.1 Å². The Hall–Kier alpha value is -3.41. The highest BCUT2D eigenvalue weighted by molar-refractivity contribution is 6.07. The van der Waals surface area contributed by atoms with E-state index < -0.39 is 12.3 Å². The van der Waals surface area contributed by atoms with Gasteiger partial charge in [-0.2, -0.15) is 10.2 Å². The molecule has 0 radical (unpaired) electrons. The summed E-state index contributed by atoms with van der Waals surface area (Å²) in [4.78, 5) is 32.1. The van der Waals surface area contributed by atoms with Crippen molar-refractivity contribution in [3.63, 3.8) is 0 Å². The van der Waals surface area contributed by atoms with Crippen molar-refractivity contribution in [1.82, 2.24) is 29.3 Å². The van der Waals surface area contributed by atoms with Gasteiger partial charge in [0.1, 0.15) is 11.4 Å². The quantitative estimate of drug-likeness (QED) is 0.607. The summed E-state index contributed by atoms with van der Waals surface area (Å²) in [5.41, 5.74) is 0.880. The van der Waals surface area contributed by atoms with E-state index in [1.807, 2.05) is 6.92 Å².